The summed E-state index contributed by atoms with van der Waals surface area (Å²) < 4.78 is 0.917. The van der Waals surface area contributed by atoms with Crippen LogP contribution in [-0.2, 0) is 16.0 Å². The molecule has 2 N–H and O–H groups in total. The SMILES string of the molecule is CCc1ccc2nc(N3C(=O)C(=O)/C(=C(/O)c4cc(C)ccc4C)C3c3ccc(O)cc3)sc2c1. The van der Waals surface area contributed by atoms with Crippen molar-refractivity contribution < 1.29 is 19.8 Å². The van der Waals surface area contributed by atoms with Crippen LogP contribution in [0.25, 0.3) is 16.0 Å². The van der Waals surface area contributed by atoms with E-state index in [1.54, 1.807) is 18.2 Å². The number of aliphatic hydroxyl groups excluding tert-OH is 1. The highest BCUT2D eigenvalue weighted by atomic mass is 32.1. The summed E-state index contributed by atoms with van der Waals surface area (Å²) in [5, 5.41) is 21.6. The predicted molar refractivity (Wildman–Crippen MR) is 138 cm³/mol. The van der Waals surface area contributed by atoms with Crippen molar-refractivity contribution in [2.75, 3.05) is 4.90 Å². The third-order valence-electron chi connectivity index (χ3n) is 6.36. The van der Waals surface area contributed by atoms with Crippen LogP contribution in [0.1, 0.15) is 40.8 Å². The van der Waals surface area contributed by atoms with Crippen LogP contribution in [0.2, 0.25) is 0 Å². The fraction of sp³-hybridized carbons (Fsp3) is 0.179. The van der Waals surface area contributed by atoms with E-state index in [1.807, 2.05) is 44.2 Å². The van der Waals surface area contributed by atoms with Gasteiger partial charge in [0.2, 0.25) is 0 Å². The first-order valence-electron chi connectivity index (χ1n) is 11.4. The van der Waals surface area contributed by atoms with Gasteiger partial charge in [-0.25, -0.2) is 4.98 Å². The molecule has 3 aromatic carbocycles. The summed E-state index contributed by atoms with van der Waals surface area (Å²) in [6.45, 7) is 5.82. The molecule has 0 radical (unpaired) electrons. The standard InChI is InChI=1S/C28H24N2O4S/c1-4-17-7-12-21-22(14-17)35-28(29-21)30-24(18-8-10-19(31)11-9-18)23(26(33)27(30)34)25(32)20-13-15(2)5-6-16(20)3/h5-14,24,31-32H,4H2,1-3H3/b25-23+. The first-order valence-corrected chi connectivity index (χ1v) is 12.2. The van der Waals surface area contributed by atoms with E-state index in [9.17, 15) is 19.8 Å². The van der Waals surface area contributed by atoms with Gasteiger partial charge in [0.15, 0.2) is 5.13 Å². The smallest absolute Gasteiger partial charge is 0.301 e. The molecule has 176 valence electrons. The summed E-state index contributed by atoms with van der Waals surface area (Å²) in [6, 6.07) is 17.0. The van der Waals surface area contributed by atoms with Crippen LogP contribution in [0.15, 0.2) is 66.2 Å². The monoisotopic (exact) mass is 484 g/mol. The summed E-state index contributed by atoms with van der Waals surface area (Å²) in [5.41, 5.74) is 4.69. The lowest BCUT2D eigenvalue weighted by atomic mass is 9.93. The molecule has 1 unspecified atom stereocenters. The Labute approximate surface area is 206 Å². The Balaban J connectivity index is 1.74. The Bertz CT molecular complexity index is 1520. The minimum atomic E-state index is -0.887. The van der Waals surface area contributed by atoms with Crippen molar-refractivity contribution in [2.45, 2.75) is 33.2 Å². The second-order valence-corrected chi connectivity index (χ2v) is 9.74. The molecule has 4 aromatic rings. The molecule has 1 aliphatic heterocycles. The third-order valence-corrected chi connectivity index (χ3v) is 7.37. The van der Waals surface area contributed by atoms with Crippen molar-refractivity contribution in [1.29, 1.82) is 0 Å². The summed E-state index contributed by atoms with van der Waals surface area (Å²) in [4.78, 5) is 32.8. The number of anilines is 1. The number of aromatic hydroxyl groups is 1. The number of hydrogen-bond donors (Lipinski definition) is 2. The van der Waals surface area contributed by atoms with Crippen molar-refractivity contribution in [3.8, 4) is 5.75 Å². The van der Waals surface area contributed by atoms with Crippen LogP contribution in [-0.4, -0.2) is 26.9 Å². The molecule has 1 aliphatic rings. The van der Waals surface area contributed by atoms with Gasteiger partial charge in [-0.2, -0.15) is 0 Å². The van der Waals surface area contributed by atoms with Gasteiger partial charge in [0.05, 0.1) is 21.8 Å². The Kier molecular flexibility index (Phi) is 5.65. The van der Waals surface area contributed by atoms with Gasteiger partial charge in [-0.3, -0.25) is 14.5 Å². The van der Waals surface area contributed by atoms with Gasteiger partial charge in [-0.1, -0.05) is 54.2 Å². The second-order valence-electron chi connectivity index (χ2n) is 8.73. The Morgan fingerprint density at radius 1 is 1.03 bits per heavy atom. The fourth-order valence-corrected chi connectivity index (χ4v) is 5.47. The van der Waals surface area contributed by atoms with Gasteiger partial charge in [-0.15, -0.1) is 0 Å². The third kappa shape index (κ3) is 3.88. The Hall–Kier alpha value is -3.97. The molecule has 0 saturated carbocycles. The molecule has 1 saturated heterocycles. The first-order chi connectivity index (χ1) is 16.8. The average Bonchev–Trinajstić information content (AvgIpc) is 3.38. The molecular formula is C28H24N2O4S. The number of Topliss-reactive ketones (excluding diaryl/α,β-unsaturated/α-hetero) is 1. The molecular weight excluding hydrogens is 460 g/mol. The number of benzene rings is 3. The molecule has 1 aromatic heterocycles. The number of aromatic nitrogens is 1. The van der Waals surface area contributed by atoms with E-state index in [1.165, 1.54) is 28.4 Å². The number of fused-ring (bicyclic) bond motifs is 1. The summed E-state index contributed by atoms with van der Waals surface area (Å²) in [7, 11) is 0. The number of thiazole rings is 1. The normalized spacial score (nSPS) is 17.5. The average molecular weight is 485 g/mol. The number of nitrogens with zero attached hydrogens (tertiary/aromatic N) is 2. The van der Waals surface area contributed by atoms with Crippen LogP contribution < -0.4 is 4.90 Å². The number of aryl methyl sites for hydroxylation is 3. The number of ketones is 1. The molecule has 7 heteroatoms. The quantitative estimate of drug-likeness (QED) is 0.217. The molecule has 5 rings (SSSR count). The van der Waals surface area contributed by atoms with Gasteiger partial charge >= 0.3 is 5.91 Å². The van der Waals surface area contributed by atoms with Gasteiger partial charge in [0.25, 0.3) is 5.78 Å². The van der Waals surface area contributed by atoms with Gasteiger partial charge in [0.1, 0.15) is 11.5 Å². The molecule has 1 fully saturated rings. The van der Waals surface area contributed by atoms with Crippen LogP contribution in [0.4, 0.5) is 5.13 Å². The number of aliphatic hydroxyl groups is 1. The highest BCUT2D eigenvalue weighted by Crippen LogP contribution is 2.45. The number of phenols is 1. The largest absolute Gasteiger partial charge is 0.508 e. The van der Waals surface area contributed by atoms with Gasteiger partial charge < -0.3 is 10.2 Å². The van der Waals surface area contributed by atoms with E-state index in [0.29, 0.717) is 16.3 Å². The predicted octanol–water partition coefficient (Wildman–Crippen LogP) is 5.81. The van der Waals surface area contributed by atoms with Crippen LogP contribution in [0, 0.1) is 13.8 Å². The number of carbonyl (C=O) groups excluding carboxylic acids is 2. The fourth-order valence-electron chi connectivity index (χ4n) is 4.42. The summed E-state index contributed by atoms with van der Waals surface area (Å²) in [5.74, 6) is -1.67. The van der Waals surface area contributed by atoms with Crippen LogP contribution in [0.5, 0.6) is 5.75 Å². The topological polar surface area (TPSA) is 90.7 Å². The maximum Gasteiger partial charge on any atom is 0.301 e. The van der Waals surface area contributed by atoms with Gasteiger partial charge in [0, 0.05) is 5.56 Å². The van der Waals surface area contributed by atoms with Crippen molar-refractivity contribution in [1.82, 2.24) is 4.98 Å². The van der Waals surface area contributed by atoms with Crippen molar-refractivity contribution >= 4 is 44.1 Å². The van der Waals surface area contributed by atoms with Crippen LogP contribution >= 0.6 is 11.3 Å². The maximum absolute atomic E-state index is 13.4. The van der Waals surface area contributed by atoms with E-state index in [2.05, 4.69) is 11.9 Å². The molecule has 6 nitrogen and oxygen atoms in total. The number of hydrogen-bond acceptors (Lipinski definition) is 6. The lowest BCUT2D eigenvalue weighted by Crippen LogP contribution is -2.29. The van der Waals surface area contributed by atoms with Crippen LogP contribution in [0.3, 0.4) is 0 Å². The van der Waals surface area contributed by atoms with E-state index < -0.39 is 17.7 Å². The second kappa shape index (κ2) is 8.67. The molecule has 0 aliphatic carbocycles. The Morgan fingerprint density at radius 2 is 1.77 bits per heavy atom. The number of rotatable bonds is 4. The number of phenolic OH excluding ortho intramolecular Hbond substituents is 1. The van der Waals surface area contributed by atoms with E-state index in [4.69, 9.17) is 0 Å². The van der Waals surface area contributed by atoms with Crippen molar-refractivity contribution in [2.24, 2.45) is 0 Å². The highest BCUT2D eigenvalue weighted by molar-refractivity contribution is 7.22. The summed E-state index contributed by atoms with van der Waals surface area (Å²) in [6.07, 6.45) is 0.872. The number of amides is 1. The van der Waals surface area contributed by atoms with E-state index in [-0.39, 0.29) is 17.1 Å². The zero-order chi connectivity index (χ0) is 24.9. The van der Waals surface area contributed by atoms with Crippen molar-refractivity contribution in [3.05, 3.63) is 94.1 Å². The molecule has 2 heterocycles. The lowest BCUT2D eigenvalue weighted by Gasteiger charge is -2.23. The molecule has 1 amide bonds. The molecule has 35 heavy (non-hydrogen) atoms. The molecule has 0 bridgehead atoms. The minimum absolute atomic E-state index is 0.00268. The number of carbonyl (C=O) groups is 2. The van der Waals surface area contributed by atoms with E-state index in [0.717, 1.165) is 33.3 Å². The van der Waals surface area contributed by atoms with Crippen molar-refractivity contribution in [3.63, 3.8) is 0 Å². The zero-order valence-corrected chi connectivity index (χ0v) is 20.4. The molecule has 1 atom stereocenters. The van der Waals surface area contributed by atoms with E-state index >= 15 is 0 Å². The van der Waals surface area contributed by atoms with Gasteiger partial charge in [-0.05, 0) is 67.3 Å². The highest BCUT2D eigenvalue weighted by Gasteiger charge is 2.48. The minimum Gasteiger partial charge on any atom is -0.508 e. The summed E-state index contributed by atoms with van der Waals surface area (Å²) >= 11 is 1.33. The first kappa shape index (κ1) is 22.8. The Morgan fingerprint density at radius 3 is 2.49 bits per heavy atom. The maximum atomic E-state index is 13.4. The molecule has 0 spiro atoms. The zero-order valence-electron chi connectivity index (χ0n) is 19.6. The lowest BCUT2D eigenvalue weighted by molar-refractivity contribution is -0.132.